The topological polar surface area (TPSA) is 61.0 Å². The number of nitrogens with two attached hydrogens (primary N) is 1. The van der Waals surface area contributed by atoms with Crippen LogP contribution in [0.2, 0.25) is 0 Å². The minimum absolute atomic E-state index is 0.349. The maximum Gasteiger partial charge on any atom is 0.222 e. The molecule has 106 valence electrons. The Morgan fingerprint density at radius 1 is 1.10 bits per heavy atom. The molecule has 0 aliphatic carbocycles. The van der Waals surface area contributed by atoms with Gasteiger partial charge in [0.1, 0.15) is 12.1 Å². The molecule has 0 radical (unpaired) electrons. The molecular formula is C16H21N3O. The molecule has 20 heavy (non-hydrogen) atoms. The fourth-order valence-corrected chi connectivity index (χ4v) is 2.15. The van der Waals surface area contributed by atoms with Gasteiger partial charge in [-0.2, -0.15) is 0 Å². The van der Waals surface area contributed by atoms with Crippen LogP contribution in [0.25, 0.3) is 0 Å². The summed E-state index contributed by atoms with van der Waals surface area (Å²) in [5, 5.41) is 0. The van der Waals surface area contributed by atoms with Crippen molar-refractivity contribution in [3.8, 4) is 11.6 Å². The summed E-state index contributed by atoms with van der Waals surface area (Å²) in [4.78, 5) is 8.43. The summed E-state index contributed by atoms with van der Waals surface area (Å²) in [6, 6.07) is 5.99. The van der Waals surface area contributed by atoms with Gasteiger partial charge in [0, 0.05) is 12.6 Å². The lowest BCUT2D eigenvalue weighted by Crippen LogP contribution is -2.01. The molecule has 2 aromatic rings. The zero-order valence-corrected chi connectivity index (χ0v) is 12.5. The Bertz CT molecular complexity index is 585. The van der Waals surface area contributed by atoms with Crippen LogP contribution in [0.5, 0.6) is 11.6 Å². The maximum atomic E-state index is 5.94. The van der Waals surface area contributed by atoms with Crippen LogP contribution < -0.4 is 10.5 Å². The molecule has 1 heterocycles. The highest BCUT2D eigenvalue weighted by Crippen LogP contribution is 2.29. The van der Waals surface area contributed by atoms with E-state index in [4.69, 9.17) is 10.5 Å². The van der Waals surface area contributed by atoms with Crippen molar-refractivity contribution < 1.29 is 4.74 Å². The average molecular weight is 271 g/mol. The van der Waals surface area contributed by atoms with E-state index in [1.807, 2.05) is 32.0 Å². The van der Waals surface area contributed by atoms with E-state index in [0.29, 0.717) is 18.3 Å². The largest absolute Gasteiger partial charge is 0.438 e. The van der Waals surface area contributed by atoms with Crippen LogP contribution in [0, 0.1) is 13.8 Å². The molecule has 0 spiro atoms. The predicted octanol–water partition coefficient (Wildman–Crippen LogP) is 3.47. The highest BCUT2D eigenvalue weighted by molar-refractivity contribution is 5.45. The number of hydrogen-bond acceptors (Lipinski definition) is 4. The summed E-state index contributed by atoms with van der Waals surface area (Å²) in [7, 11) is 0. The molecule has 0 bridgehead atoms. The normalized spacial score (nSPS) is 10.9. The van der Waals surface area contributed by atoms with Crippen LogP contribution in [-0.4, -0.2) is 9.97 Å². The van der Waals surface area contributed by atoms with E-state index < -0.39 is 0 Å². The van der Waals surface area contributed by atoms with Crippen LogP contribution in [0.15, 0.2) is 24.5 Å². The summed E-state index contributed by atoms with van der Waals surface area (Å²) >= 11 is 0. The van der Waals surface area contributed by atoms with Crippen LogP contribution in [0.3, 0.4) is 0 Å². The standard InChI is InChI=1S/C16H21N3O/c1-10(2)14-7-15(19-9-18-14)20-16-11(3)5-13(8-17)6-12(16)4/h5-7,9-10H,8,17H2,1-4H3. The van der Waals surface area contributed by atoms with Gasteiger partial charge in [-0.05, 0) is 36.5 Å². The molecule has 0 amide bonds. The zero-order chi connectivity index (χ0) is 14.7. The number of aromatic nitrogens is 2. The zero-order valence-electron chi connectivity index (χ0n) is 12.5. The van der Waals surface area contributed by atoms with Gasteiger partial charge >= 0.3 is 0 Å². The van der Waals surface area contributed by atoms with Gasteiger partial charge in [-0.3, -0.25) is 0 Å². The molecule has 2 N–H and O–H groups in total. The third-order valence-electron chi connectivity index (χ3n) is 3.22. The maximum absolute atomic E-state index is 5.94. The van der Waals surface area contributed by atoms with Crippen molar-refractivity contribution in [1.82, 2.24) is 9.97 Å². The molecule has 1 aromatic carbocycles. The van der Waals surface area contributed by atoms with Crippen LogP contribution in [-0.2, 0) is 6.54 Å². The molecule has 0 aliphatic heterocycles. The van der Waals surface area contributed by atoms with E-state index in [9.17, 15) is 0 Å². The van der Waals surface area contributed by atoms with Crippen molar-refractivity contribution in [2.45, 2.75) is 40.2 Å². The molecule has 0 fully saturated rings. The Morgan fingerprint density at radius 3 is 2.30 bits per heavy atom. The van der Waals surface area contributed by atoms with Crippen molar-refractivity contribution in [3.63, 3.8) is 0 Å². The second-order valence-electron chi connectivity index (χ2n) is 5.30. The van der Waals surface area contributed by atoms with Crippen LogP contribution in [0.4, 0.5) is 0 Å². The van der Waals surface area contributed by atoms with Gasteiger partial charge in [-0.1, -0.05) is 26.0 Å². The van der Waals surface area contributed by atoms with Crippen molar-refractivity contribution in [3.05, 3.63) is 46.9 Å². The molecule has 4 nitrogen and oxygen atoms in total. The molecule has 0 saturated heterocycles. The first kappa shape index (κ1) is 14.5. The summed E-state index contributed by atoms with van der Waals surface area (Å²) in [6.07, 6.45) is 1.55. The van der Waals surface area contributed by atoms with Crippen molar-refractivity contribution >= 4 is 0 Å². The minimum atomic E-state index is 0.349. The molecule has 0 aliphatic rings. The summed E-state index contributed by atoms with van der Waals surface area (Å²) in [5.74, 6) is 1.77. The number of hydrogen-bond donors (Lipinski definition) is 1. The first-order valence-electron chi connectivity index (χ1n) is 6.81. The van der Waals surface area contributed by atoms with Gasteiger partial charge in [-0.25, -0.2) is 9.97 Å². The Labute approximate surface area is 120 Å². The van der Waals surface area contributed by atoms with E-state index in [2.05, 4.69) is 23.8 Å². The fourth-order valence-electron chi connectivity index (χ4n) is 2.15. The van der Waals surface area contributed by atoms with Gasteiger partial charge in [0.15, 0.2) is 0 Å². The van der Waals surface area contributed by atoms with Crippen LogP contribution >= 0.6 is 0 Å². The highest BCUT2D eigenvalue weighted by Gasteiger charge is 2.10. The first-order valence-corrected chi connectivity index (χ1v) is 6.81. The monoisotopic (exact) mass is 271 g/mol. The quantitative estimate of drug-likeness (QED) is 0.925. The highest BCUT2D eigenvalue weighted by atomic mass is 16.5. The Kier molecular flexibility index (Phi) is 4.35. The molecule has 2 rings (SSSR count). The number of rotatable bonds is 4. The smallest absolute Gasteiger partial charge is 0.222 e. The first-order chi connectivity index (χ1) is 9.51. The summed E-state index contributed by atoms with van der Waals surface area (Å²) in [5.41, 5.74) is 9.90. The van der Waals surface area contributed by atoms with Gasteiger partial charge in [0.05, 0.1) is 5.69 Å². The van der Waals surface area contributed by atoms with Gasteiger partial charge in [0.25, 0.3) is 0 Å². The summed E-state index contributed by atoms with van der Waals surface area (Å²) < 4.78 is 5.94. The Balaban J connectivity index is 2.32. The van der Waals surface area contributed by atoms with Crippen LogP contribution in [0.1, 0.15) is 42.1 Å². The molecular weight excluding hydrogens is 250 g/mol. The molecule has 4 heteroatoms. The second kappa shape index (κ2) is 6.01. The van der Waals surface area contributed by atoms with Gasteiger partial charge in [0.2, 0.25) is 5.88 Å². The minimum Gasteiger partial charge on any atom is -0.438 e. The van der Waals surface area contributed by atoms with Crippen molar-refractivity contribution in [2.75, 3.05) is 0 Å². The summed E-state index contributed by atoms with van der Waals surface area (Å²) in [6.45, 7) is 8.77. The molecule has 0 saturated carbocycles. The molecule has 0 atom stereocenters. The van der Waals surface area contributed by atoms with E-state index in [0.717, 1.165) is 28.1 Å². The third-order valence-corrected chi connectivity index (χ3v) is 3.22. The van der Waals surface area contributed by atoms with Crippen molar-refractivity contribution in [2.24, 2.45) is 5.73 Å². The SMILES string of the molecule is Cc1cc(CN)cc(C)c1Oc1cc(C(C)C)ncn1. The Morgan fingerprint density at radius 2 is 1.75 bits per heavy atom. The Hall–Kier alpha value is -1.94. The number of benzene rings is 1. The van der Waals surface area contributed by atoms with Gasteiger partial charge < -0.3 is 10.5 Å². The predicted molar refractivity (Wildman–Crippen MR) is 80.0 cm³/mol. The lowest BCUT2D eigenvalue weighted by atomic mass is 10.1. The number of nitrogens with zero attached hydrogens (tertiary/aromatic N) is 2. The second-order valence-corrected chi connectivity index (χ2v) is 5.30. The number of aryl methyl sites for hydroxylation is 2. The third kappa shape index (κ3) is 3.14. The van der Waals surface area contributed by atoms with E-state index in [1.54, 1.807) is 6.33 Å². The van der Waals surface area contributed by atoms with Gasteiger partial charge in [-0.15, -0.1) is 0 Å². The molecule has 1 aromatic heterocycles. The lowest BCUT2D eigenvalue weighted by molar-refractivity contribution is 0.452. The van der Waals surface area contributed by atoms with Crippen molar-refractivity contribution in [1.29, 1.82) is 0 Å². The van der Waals surface area contributed by atoms with E-state index in [1.165, 1.54) is 0 Å². The van der Waals surface area contributed by atoms with E-state index >= 15 is 0 Å². The number of ether oxygens (including phenoxy) is 1. The fraction of sp³-hybridized carbons (Fsp3) is 0.375. The molecule has 0 unspecified atom stereocenters. The average Bonchev–Trinajstić information content (AvgIpc) is 2.42. The van der Waals surface area contributed by atoms with E-state index in [-0.39, 0.29) is 0 Å². The lowest BCUT2D eigenvalue weighted by Gasteiger charge is -2.13.